The predicted octanol–water partition coefficient (Wildman–Crippen LogP) is 3.63. The molecule has 3 N–H and O–H groups in total. The van der Waals surface area contributed by atoms with Gasteiger partial charge in [0.25, 0.3) is 0 Å². The van der Waals surface area contributed by atoms with Crippen LogP contribution in [0, 0.1) is 0 Å². The molecule has 3 rings (SSSR count). The van der Waals surface area contributed by atoms with E-state index in [1.54, 1.807) is 24.3 Å². The number of hydrazine groups is 1. The Morgan fingerprint density at radius 3 is 2.39 bits per heavy atom. The molecule has 0 unspecified atom stereocenters. The molecule has 2 aromatic carbocycles. The van der Waals surface area contributed by atoms with Gasteiger partial charge in [0.1, 0.15) is 11.8 Å². The Balaban J connectivity index is 1.96. The van der Waals surface area contributed by atoms with Crippen LogP contribution in [-0.4, -0.2) is 28.7 Å². The molecule has 0 bridgehead atoms. The highest BCUT2D eigenvalue weighted by molar-refractivity contribution is 6.36. The third-order valence-corrected chi connectivity index (χ3v) is 5.44. The zero-order chi connectivity index (χ0) is 20.6. The fraction of sp³-hybridized carbons (Fsp3) is 0.250. The summed E-state index contributed by atoms with van der Waals surface area (Å²) in [6.07, 6.45) is 0.0860. The predicted molar refractivity (Wildman–Crippen MR) is 107 cm³/mol. The second-order valence-corrected chi connectivity index (χ2v) is 7.61. The van der Waals surface area contributed by atoms with Gasteiger partial charge in [0.15, 0.2) is 5.78 Å². The van der Waals surface area contributed by atoms with Gasteiger partial charge in [-0.1, -0.05) is 47.5 Å². The molecular weight excluding hydrogens is 403 g/mol. The summed E-state index contributed by atoms with van der Waals surface area (Å²) in [5, 5.41) is 11.2. The van der Waals surface area contributed by atoms with E-state index < -0.39 is 17.9 Å². The normalized spacial score (nSPS) is 18.5. The summed E-state index contributed by atoms with van der Waals surface area (Å²) in [5.41, 5.74) is 2.10. The third kappa shape index (κ3) is 3.90. The van der Waals surface area contributed by atoms with Crippen molar-refractivity contribution in [3.63, 3.8) is 0 Å². The molecule has 2 aromatic rings. The zero-order valence-electron chi connectivity index (χ0n) is 15.0. The lowest BCUT2D eigenvalue weighted by Crippen LogP contribution is -2.51. The number of nitrogens with zero attached hydrogens (tertiary/aromatic N) is 1. The number of anilines is 1. The second-order valence-electron chi connectivity index (χ2n) is 6.77. The van der Waals surface area contributed by atoms with Gasteiger partial charge in [-0.3, -0.25) is 14.6 Å². The lowest BCUT2D eigenvalue weighted by Gasteiger charge is -2.37. The molecule has 1 heterocycles. The summed E-state index contributed by atoms with van der Waals surface area (Å²) in [5.74, 6) is 3.88. The molecule has 6 nitrogen and oxygen atoms in total. The second kappa shape index (κ2) is 7.91. The fourth-order valence-corrected chi connectivity index (χ4v) is 4.06. The van der Waals surface area contributed by atoms with Gasteiger partial charge in [-0.15, -0.1) is 0 Å². The number of carbonyl (C=O) groups is 3. The zero-order valence-corrected chi connectivity index (χ0v) is 16.5. The summed E-state index contributed by atoms with van der Waals surface area (Å²) < 4.78 is 0. The summed E-state index contributed by atoms with van der Waals surface area (Å²) in [6, 6.07) is 8.70. The van der Waals surface area contributed by atoms with Crippen LogP contribution in [0.3, 0.4) is 0 Å². The topological polar surface area (TPSA) is 101 Å². The molecule has 1 aliphatic heterocycles. The van der Waals surface area contributed by atoms with E-state index in [1.165, 1.54) is 19.1 Å². The van der Waals surface area contributed by atoms with Gasteiger partial charge in [0.05, 0.1) is 5.69 Å². The third-order valence-electron chi connectivity index (χ3n) is 4.91. The lowest BCUT2D eigenvalue weighted by molar-refractivity contribution is -0.139. The average molecular weight is 421 g/mol. The van der Waals surface area contributed by atoms with Crippen molar-refractivity contribution in [2.45, 2.75) is 31.7 Å². The summed E-state index contributed by atoms with van der Waals surface area (Å²) in [6.45, 7) is 1.47. The molecule has 2 atom stereocenters. The molecule has 0 fully saturated rings. The largest absolute Gasteiger partial charge is 0.480 e. The SMILES string of the molecule is CC(=O)c1ccc(CC(=O)[C@H]2C[C@H](C(=O)O)N(N)c3cc(Cl)cc(Cl)c32)cc1. The Bertz CT molecular complexity index is 959. The quantitative estimate of drug-likeness (QED) is 0.565. The first-order valence-corrected chi connectivity index (χ1v) is 9.33. The maximum absolute atomic E-state index is 13.1. The number of benzene rings is 2. The number of carboxylic acid groups (broad SMARTS) is 1. The standard InChI is InChI=1S/C20H18Cl2N2O4/c1-10(25)12-4-2-11(3-5-12)6-18(26)14-9-17(20(27)28)24(23)16-8-13(21)7-15(22)19(14)16/h2-5,7-8,14,17H,6,9,23H2,1H3,(H,27,28)/t14-,17-/m1/s1. The lowest BCUT2D eigenvalue weighted by atomic mass is 9.81. The molecule has 0 aliphatic carbocycles. The molecule has 8 heteroatoms. The molecule has 28 heavy (non-hydrogen) atoms. The van der Waals surface area contributed by atoms with E-state index in [1.807, 2.05) is 0 Å². The number of hydrogen-bond donors (Lipinski definition) is 2. The minimum atomic E-state index is -1.13. The smallest absolute Gasteiger partial charge is 0.327 e. The van der Waals surface area contributed by atoms with Crippen LogP contribution in [0.25, 0.3) is 0 Å². The van der Waals surface area contributed by atoms with Gasteiger partial charge in [-0.25, -0.2) is 10.6 Å². The van der Waals surface area contributed by atoms with Gasteiger partial charge < -0.3 is 5.11 Å². The number of hydrogen-bond acceptors (Lipinski definition) is 5. The average Bonchev–Trinajstić information content (AvgIpc) is 2.62. The number of rotatable bonds is 5. The number of fused-ring (bicyclic) bond motifs is 1. The molecule has 0 amide bonds. The molecule has 0 saturated carbocycles. The molecule has 0 radical (unpaired) electrons. The van der Waals surface area contributed by atoms with E-state index >= 15 is 0 Å². The maximum Gasteiger partial charge on any atom is 0.327 e. The summed E-state index contributed by atoms with van der Waals surface area (Å²) >= 11 is 12.4. The van der Waals surface area contributed by atoms with E-state index in [0.717, 1.165) is 10.6 Å². The first-order chi connectivity index (χ1) is 13.2. The fourth-order valence-electron chi connectivity index (χ4n) is 3.45. The van der Waals surface area contributed by atoms with Crippen molar-refractivity contribution in [1.29, 1.82) is 0 Å². The van der Waals surface area contributed by atoms with Gasteiger partial charge in [-0.05, 0) is 31.0 Å². The Morgan fingerprint density at radius 1 is 1.18 bits per heavy atom. The van der Waals surface area contributed by atoms with Crippen LogP contribution in [-0.2, 0) is 16.0 Å². The Labute approximate surface area is 171 Å². The van der Waals surface area contributed by atoms with E-state index in [4.69, 9.17) is 29.0 Å². The van der Waals surface area contributed by atoms with Crippen LogP contribution >= 0.6 is 23.2 Å². The van der Waals surface area contributed by atoms with E-state index in [0.29, 0.717) is 21.8 Å². The van der Waals surface area contributed by atoms with Gasteiger partial charge in [0.2, 0.25) is 0 Å². The van der Waals surface area contributed by atoms with Gasteiger partial charge in [0, 0.05) is 33.5 Å². The van der Waals surface area contributed by atoms with Gasteiger partial charge >= 0.3 is 5.97 Å². The van der Waals surface area contributed by atoms with Crippen molar-refractivity contribution < 1.29 is 19.5 Å². The maximum atomic E-state index is 13.1. The molecule has 0 saturated heterocycles. The van der Waals surface area contributed by atoms with E-state index in [2.05, 4.69) is 0 Å². The van der Waals surface area contributed by atoms with Crippen molar-refractivity contribution in [2.24, 2.45) is 5.84 Å². The van der Waals surface area contributed by atoms with Crippen LogP contribution in [0.5, 0.6) is 0 Å². The van der Waals surface area contributed by atoms with E-state index in [-0.39, 0.29) is 29.4 Å². The number of carbonyl (C=O) groups excluding carboxylic acids is 2. The molecule has 1 aliphatic rings. The van der Waals surface area contributed by atoms with Crippen molar-refractivity contribution in [3.8, 4) is 0 Å². The highest BCUT2D eigenvalue weighted by Crippen LogP contribution is 2.43. The van der Waals surface area contributed by atoms with Crippen LogP contribution in [0.2, 0.25) is 10.0 Å². The van der Waals surface area contributed by atoms with Crippen LogP contribution in [0.4, 0.5) is 5.69 Å². The van der Waals surface area contributed by atoms with E-state index in [9.17, 15) is 19.5 Å². The van der Waals surface area contributed by atoms with Crippen LogP contribution in [0.1, 0.15) is 40.7 Å². The highest BCUT2D eigenvalue weighted by Gasteiger charge is 2.40. The first-order valence-electron chi connectivity index (χ1n) is 8.57. The van der Waals surface area contributed by atoms with Gasteiger partial charge in [-0.2, -0.15) is 0 Å². The Morgan fingerprint density at radius 2 is 1.82 bits per heavy atom. The highest BCUT2D eigenvalue weighted by atomic mass is 35.5. The first kappa shape index (κ1) is 20.3. The summed E-state index contributed by atoms with van der Waals surface area (Å²) in [4.78, 5) is 36.1. The van der Waals surface area contributed by atoms with Crippen molar-refractivity contribution in [3.05, 3.63) is 63.1 Å². The van der Waals surface area contributed by atoms with Crippen molar-refractivity contribution >= 4 is 46.4 Å². The number of halogens is 2. The number of ketones is 2. The molecule has 0 spiro atoms. The van der Waals surface area contributed by atoms with Crippen molar-refractivity contribution in [2.75, 3.05) is 5.01 Å². The number of nitrogens with two attached hydrogens (primary N) is 1. The molecule has 0 aromatic heterocycles. The monoisotopic (exact) mass is 420 g/mol. The van der Waals surface area contributed by atoms with Crippen molar-refractivity contribution in [1.82, 2.24) is 0 Å². The number of carboxylic acids is 1. The molecule has 146 valence electrons. The summed E-state index contributed by atoms with van der Waals surface area (Å²) in [7, 11) is 0. The van der Waals surface area contributed by atoms with Crippen LogP contribution < -0.4 is 10.9 Å². The molecular formula is C20H18Cl2N2O4. The van der Waals surface area contributed by atoms with Crippen LogP contribution in [0.15, 0.2) is 36.4 Å². The number of Topliss-reactive ketones (excluding diaryl/α,β-unsaturated/α-hetero) is 2. The Kier molecular flexibility index (Phi) is 5.74. The minimum Gasteiger partial charge on any atom is -0.480 e. The Hall–Kier alpha value is -2.41. The minimum absolute atomic E-state index is 0.00451. The number of aliphatic carboxylic acids is 1.